The summed E-state index contributed by atoms with van der Waals surface area (Å²) in [5.74, 6) is -0.585. The van der Waals surface area contributed by atoms with Gasteiger partial charge in [-0.25, -0.2) is 13.8 Å². The fraction of sp³-hybridized carbons (Fsp3) is 0.429. The van der Waals surface area contributed by atoms with Gasteiger partial charge in [-0.3, -0.25) is 19.2 Å². The van der Waals surface area contributed by atoms with E-state index in [0.717, 1.165) is 54.6 Å². The van der Waals surface area contributed by atoms with Gasteiger partial charge in [0.25, 0.3) is 12.3 Å². The predicted molar refractivity (Wildman–Crippen MR) is 188 cm³/mol. The number of allylic oxidation sites excluding steroid dienone is 1. The number of nitrogens with one attached hydrogen (secondary N) is 3. The van der Waals surface area contributed by atoms with Gasteiger partial charge in [0.1, 0.15) is 30.7 Å². The molecule has 16 heteroatoms. The van der Waals surface area contributed by atoms with Crippen LogP contribution in [0.1, 0.15) is 74.6 Å². The highest BCUT2D eigenvalue weighted by atomic mass is 19.3. The summed E-state index contributed by atoms with van der Waals surface area (Å²) >= 11 is 0. The van der Waals surface area contributed by atoms with Crippen molar-refractivity contribution in [3.05, 3.63) is 83.0 Å². The molecule has 2 aliphatic carbocycles. The molecule has 2 unspecified atom stereocenters. The number of halogens is 2. The summed E-state index contributed by atoms with van der Waals surface area (Å²) in [4.78, 5) is 33.2. The van der Waals surface area contributed by atoms with Crippen LogP contribution in [-0.4, -0.2) is 70.6 Å². The van der Waals surface area contributed by atoms with Crippen LogP contribution >= 0.6 is 0 Å². The minimum atomic E-state index is -2.79. The van der Waals surface area contributed by atoms with E-state index in [1.165, 1.54) is 24.3 Å². The molecule has 2 radical (unpaired) electrons. The van der Waals surface area contributed by atoms with Crippen molar-refractivity contribution in [3.8, 4) is 11.1 Å². The lowest BCUT2D eigenvalue weighted by Crippen LogP contribution is -2.59. The van der Waals surface area contributed by atoms with Crippen molar-refractivity contribution in [1.29, 1.82) is 0 Å². The maximum Gasteiger partial charge on any atom is 0.280 e. The lowest BCUT2D eigenvalue weighted by molar-refractivity contribution is -0.121. The number of nitrogens with zero attached hydrogens (tertiary/aromatic N) is 5. The number of alkyl halides is 2. The van der Waals surface area contributed by atoms with Gasteiger partial charge in [0.15, 0.2) is 0 Å². The Morgan fingerprint density at radius 3 is 2.51 bits per heavy atom. The Balaban J connectivity index is 1.18. The summed E-state index contributed by atoms with van der Waals surface area (Å²) in [6.45, 7) is 2.71. The van der Waals surface area contributed by atoms with Gasteiger partial charge in [0.2, 0.25) is 5.91 Å². The number of nitrogens with two attached hydrogens (primary N) is 2. The number of carbonyl (C=O) groups is 2. The molecule has 2 amide bonds. The van der Waals surface area contributed by atoms with E-state index in [9.17, 15) is 23.5 Å². The number of carbonyl (C=O) groups excluding carboxylic acids is 2. The number of aromatic nitrogens is 3. The number of anilines is 2. The smallest absolute Gasteiger partial charge is 0.280 e. The van der Waals surface area contributed by atoms with Crippen LogP contribution in [0.4, 0.5) is 20.2 Å². The molecule has 1 saturated heterocycles. The van der Waals surface area contributed by atoms with E-state index in [4.69, 9.17) is 24.4 Å². The number of pyridine rings is 1. The summed E-state index contributed by atoms with van der Waals surface area (Å²) in [7, 11) is 8.24. The van der Waals surface area contributed by atoms with Crippen LogP contribution in [0.5, 0.6) is 0 Å². The highest BCUT2D eigenvalue weighted by Gasteiger charge is 2.44. The molecule has 2 aliphatic heterocycles. The van der Waals surface area contributed by atoms with Gasteiger partial charge in [-0.1, -0.05) is 25.1 Å². The first-order valence-corrected chi connectivity index (χ1v) is 17.2. The lowest BCUT2D eigenvalue weighted by Gasteiger charge is -2.49. The number of benzene rings is 1. The molecule has 2 aromatic heterocycles. The topological polar surface area (TPSA) is 180 Å². The molecular weight excluding hydrogens is 657 g/mol. The third kappa shape index (κ3) is 6.65. The molecule has 51 heavy (non-hydrogen) atoms. The largest absolute Gasteiger partial charge is 0.393 e. The SMILES string of the molecule is [B]C(O)(c1cccc(C(F)F)n1)N1CC(n2ncc3c2C(CC)N(C)c2c(NC(/C=C(\N)NC(=O)C4CC4)=C(/N)C(=O)NC4CC4)cccc2-3)C1. The number of hydrogen-bond donors (Lipinski definition) is 6. The molecule has 13 nitrogen and oxygen atoms in total. The maximum absolute atomic E-state index is 13.3. The van der Waals surface area contributed by atoms with E-state index in [2.05, 4.69) is 32.8 Å². The van der Waals surface area contributed by atoms with Gasteiger partial charge in [0.05, 0.1) is 46.7 Å². The average Bonchev–Trinajstić information content (AvgIpc) is 4.02. The van der Waals surface area contributed by atoms with E-state index in [0.29, 0.717) is 18.8 Å². The quantitative estimate of drug-likeness (QED) is 0.0936. The van der Waals surface area contributed by atoms with E-state index >= 15 is 0 Å². The zero-order valence-corrected chi connectivity index (χ0v) is 28.4. The molecule has 2 saturated carbocycles. The molecule has 266 valence electrons. The first kappa shape index (κ1) is 34.5. The van der Waals surface area contributed by atoms with E-state index in [1.54, 1.807) is 4.90 Å². The average molecular weight is 699 g/mol. The third-order valence-corrected chi connectivity index (χ3v) is 9.98. The van der Waals surface area contributed by atoms with Crippen molar-refractivity contribution in [2.75, 3.05) is 30.4 Å². The van der Waals surface area contributed by atoms with Crippen molar-refractivity contribution in [3.63, 3.8) is 0 Å². The molecule has 0 spiro atoms. The Morgan fingerprint density at radius 1 is 1.12 bits per heavy atom. The molecule has 4 heterocycles. The second-order valence-electron chi connectivity index (χ2n) is 13.7. The molecule has 3 aromatic rings. The van der Waals surface area contributed by atoms with E-state index in [-0.39, 0.29) is 52.9 Å². The summed E-state index contributed by atoms with van der Waals surface area (Å²) in [6, 6.07) is 9.62. The highest BCUT2D eigenvalue weighted by Crippen LogP contribution is 2.50. The monoisotopic (exact) mass is 698 g/mol. The minimum absolute atomic E-state index is 0.0534. The first-order chi connectivity index (χ1) is 24.4. The van der Waals surface area contributed by atoms with Crippen molar-refractivity contribution < 1.29 is 23.5 Å². The van der Waals surface area contributed by atoms with Crippen LogP contribution in [-0.2, 0) is 15.2 Å². The maximum atomic E-state index is 13.3. The Bertz CT molecular complexity index is 1920. The van der Waals surface area contributed by atoms with E-state index < -0.39 is 23.7 Å². The molecule has 2 atom stereocenters. The molecule has 3 fully saturated rings. The van der Waals surface area contributed by atoms with Crippen LogP contribution in [0.15, 0.2) is 65.9 Å². The zero-order valence-electron chi connectivity index (χ0n) is 28.4. The molecule has 0 bridgehead atoms. The van der Waals surface area contributed by atoms with E-state index in [1.807, 2.05) is 36.1 Å². The highest BCUT2D eigenvalue weighted by molar-refractivity contribution is 6.14. The van der Waals surface area contributed by atoms with Gasteiger partial charge in [0, 0.05) is 49.3 Å². The Morgan fingerprint density at radius 2 is 1.84 bits per heavy atom. The first-order valence-electron chi connectivity index (χ1n) is 17.2. The molecule has 8 N–H and O–H groups in total. The van der Waals surface area contributed by atoms with Gasteiger partial charge >= 0.3 is 0 Å². The van der Waals surface area contributed by atoms with Crippen molar-refractivity contribution in [2.45, 2.75) is 69.2 Å². The number of likely N-dealkylation sites (tertiary alicyclic amines) is 1. The Kier molecular flexibility index (Phi) is 9.00. The van der Waals surface area contributed by atoms with Crippen LogP contribution in [0, 0.1) is 5.92 Å². The number of para-hydroxylation sites is 1. The van der Waals surface area contributed by atoms with Gasteiger partial charge in [-0.15, -0.1) is 0 Å². The summed E-state index contributed by atoms with van der Waals surface area (Å²) in [6.07, 6.45) is 4.64. The summed E-state index contributed by atoms with van der Waals surface area (Å²) < 4.78 is 28.6. The second kappa shape index (κ2) is 13.3. The summed E-state index contributed by atoms with van der Waals surface area (Å²) in [5, 5.41) is 24.9. The fourth-order valence-electron chi connectivity index (χ4n) is 6.80. The third-order valence-electron chi connectivity index (χ3n) is 9.98. The van der Waals surface area contributed by atoms with Gasteiger partial charge < -0.3 is 37.4 Å². The van der Waals surface area contributed by atoms with Gasteiger partial charge in [-0.05, 0) is 50.3 Å². The predicted octanol–water partition coefficient (Wildman–Crippen LogP) is 2.80. The zero-order chi connectivity index (χ0) is 36.2. The molecule has 1 aromatic carbocycles. The lowest BCUT2D eigenvalue weighted by atomic mass is 9.82. The Hall–Kier alpha value is -4.96. The summed E-state index contributed by atoms with van der Waals surface area (Å²) in [5.41, 5.74) is 14.6. The standard InChI is InChI=1S/C35H41BF2N10O3/c1-3-26-31-22(15-41-48(31)20-16-47(17-20)35(36,51)27-9-5-8-24(44-27)32(37)38)21-6-4-7-23(30(21)46(26)2)43-25(29(40)34(50)42-19-12-13-19)14-28(39)45-33(49)18-10-11-18/h4-9,14-15,18-20,26,32,43,51H,3,10-13,16-17,39-40H2,1-2H3,(H,42,50)(H,45,49)/b28-14+,29-25+. The fourth-order valence-corrected chi connectivity index (χ4v) is 6.80. The number of fused-ring (bicyclic) bond motifs is 3. The van der Waals surface area contributed by atoms with Gasteiger partial charge in [-0.2, -0.15) is 5.10 Å². The van der Waals surface area contributed by atoms with Crippen LogP contribution in [0.2, 0.25) is 0 Å². The van der Waals surface area contributed by atoms with Crippen LogP contribution in [0.25, 0.3) is 11.1 Å². The van der Waals surface area contributed by atoms with Crippen LogP contribution in [0.3, 0.4) is 0 Å². The molecule has 4 aliphatic rings. The van der Waals surface area contributed by atoms with Crippen molar-refractivity contribution in [2.24, 2.45) is 17.4 Å². The minimum Gasteiger partial charge on any atom is -0.393 e. The normalized spacial score (nSPS) is 20.9. The number of rotatable bonds is 12. The van der Waals surface area contributed by atoms with Crippen molar-refractivity contribution >= 4 is 31.0 Å². The Labute approximate surface area is 295 Å². The second-order valence-corrected chi connectivity index (χ2v) is 13.7. The molecule has 7 rings (SSSR count). The van der Waals surface area contributed by atoms with Crippen LogP contribution < -0.4 is 32.3 Å². The number of aliphatic hydroxyl groups is 1. The van der Waals surface area contributed by atoms with Crippen molar-refractivity contribution in [1.82, 2.24) is 30.3 Å². The number of hydrogen-bond acceptors (Lipinski definition) is 10. The molecular formula is C35H41BF2N10O3. The number of amides is 2.